The molecule has 1 heterocycles. The molecule has 1 aliphatic heterocycles. The molecule has 2 N–H and O–H groups in total. The highest BCUT2D eigenvalue weighted by atomic mass is 127. The van der Waals surface area contributed by atoms with Crippen molar-refractivity contribution < 1.29 is 17.9 Å². The van der Waals surface area contributed by atoms with Crippen molar-refractivity contribution in [3.63, 3.8) is 0 Å². The summed E-state index contributed by atoms with van der Waals surface area (Å²) in [5, 5.41) is 6.65. The number of guanidine groups is 1. The van der Waals surface area contributed by atoms with Crippen LogP contribution in [0, 0.1) is 0 Å². The Morgan fingerprint density at radius 3 is 2.32 bits per heavy atom. The number of hydrogen-bond acceptors (Lipinski definition) is 6. The summed E-state index contributed by atoms with van der Waals surface area (Å²) in [5.41, 5.74) is 1.05. The molecule has 1 saturated heterocycles. The molecule has 1 atom stereocenters. The van der Waals surface area contributed by atoms with E-state index in [2.05, 4.69) is 20.5 Å². The van der Waals surface area contributed by atoms with Crippen LogP contribution in [0.4, 0.5) is 5.69 Å². The molecule has 2 rings (SSSR count). The van der Waals surface area contributed by atoms with E-state index >= 15 is 0 Å². The maximum absolute atomic E-state index is 12.3. The molecule has 1 aromatic carbocycles. The number of aliphatic imine (C=N–C) groups is 1. The number of nitrogens with one attached hydrogen (secondary N) is 2. The first-order valence-corrected chi connectivity index (χ1v) is 12.0. The molecule has 0 aliphatic carbocycles. The lowest BCUT2D eigenvalue weighted by Gasteiger charge is -2.22. The first kappa shape index (κ1) is 27.6. The van der Waals surface area contributed by atoms with Gasteiger partial charge in [-0.05, 0) is 34.1 Å². The molecule has 178 valence electrons. The Morgan fingerprint density at radius 1 is 1.19 bits per heavy atom. The Balaban J connectivity index is 0.00000480. The molecule has 10 heteroatoms. The van der Waals surface area contributed by atoms with Gasteiger partial charge < -0.3 is 25.0 Å². The normalized spacial score (nSPS) is 17.2. The van der Waals surface area contributed by atoms with E-state index in [4.69, 9.17) is 9.47 Å². The van der Waals surface area contributed by atoms with Crippen molar-refractivity contribution in [2.45, 2.75) is 44.9 Å². The Kier molecular flexibility index (Phi) is 10.7. The fraction of sp³-hybridized carbons (Fsp3) is 0.667. The van der Waals surface area contributed by atoms with Crippen molar-refractivity contribution in [1.82, 2.24) is 10.6 Å². The van der Waals surface area contributed by atoms with Crippen LogP contribution in [0.5, 0.6) is 11.5 Å². The fourth-order valence-electron chi connectivity index (χ4n) is 3.18. The summed E-state index contributed by atoms with van der Waals surface area (Å²) >= 11 is 0. The molecule has 1 aliphatic rings. The maximum Gasteiger partial charge on any atom is 0.191 e. The molecule has 0 amide bonds. The van der Waals surface area contributed by atoms with Crippen molar-refractivity contribution in [3.8, 4) is 11.5 Å². The molecule has 1 unspecified atom stereocenters. The summed E-state index contributed by atoms with van der Waals surface area (Å²) in [6.07, 6.45) is 0.949. The Morgan fingerprint density at radius 2 is 1.81 bits per heavy atom. The van der Waals surface area contributed by atoms with Gasteiger partial charge in [0, 0.05) is 49.6 Å². The van der Waals surface area contributed by atoms with Crippen LogP contribution in [0.15, 0.2) is 23.2 Å². The first-order valence-electron chi connectivity index (χ1n) is 10.3. The second-order valence-electron chi connectivity index (χ2n) is 8.34. The van der Waals surface area contributed by atoms with Gasteiger partial charge in [0.15, 0.2) is 15.8 Å². The molecule has 0 spiro atoms. The Hall–Kier alpha value is -1.43. The second kappa shape index (κ2) is 12.0. The van der Waals surface area contributed by atoms with Gasteiger partial charge in [-0.3, -0.25) is 4.99 Å². The summed E-state index contributed by atoms with van der Waals surface area (Å²) < 4.78 is 34.6. The first-order chi connectivity index (χ1) is 14.1. The summed E-state index contributed by atoms with van der Waals surface area (Å²) in [5.74, 6) is 2.20. The zero-order valence-electron chi connectivity index (χ0n) is 19.4. The predicted octanol–water partition coefficient (Wildman–Crippen LogP) is 2.67. The highest BCUT2D eigenvalue weighted by molar-refractivity contribution is 14.0. The van der Waals surface area contributed by atoms with Crippen molar-refractivity contribution in [3.05, 3.63) is 18.2 Å². The third kappa shape index (κ3) is 7.89. The third-order valence-corrected chi connectivity index (χ3v) is 7.72. The van der Waals surface area contributed by atoms with Crippen LogP contribution >= 0.6 is 24.0 Å². The van der Waals surface area contributed by atoms with Gasteiger partial charge in [-0.1, -0.05) is 0 Å². The van der Waals surface area contributed by atoms with Gasteiger partial charge in [0.1, 0.15) is 11.5 Å². The van der Waals surface area contributed by atoms with Crippen LogP contribution in [0.1, 0.15) is 34.1 Å². The number of sulfone groups is 1. The Labute approximate surface area is 204 Å². The molecule has 0 radical (unpaired) electrons. The number of halogens is 1. The third-order valence-electron chi connectivity index (χ3n) is 5.14. The van der Waals surface area contributed by atoms with Gasteiger partial charge in [0.05, 0.1) is 31.3 Å². The van der Waals surface area contributed by atoms with E-state index in [0.29, 0.717) is 12.5 Å². The van der Waals surface area contributed by atoms with Gasteiger partial charge in [0.2, 0.25) is 0 Å². The number of benzene rings is 1. The predicted molar refractivity (Wildman–Crippen MR) is 138 cm³/mol. The molecule has 8 nitrogen and oxygen atoms in total. The molecule has 0 aromatic heterocycles. The smallest absolute Gasteiger partial charge is 0.191 e. The highest BCUT2D eigenvalue weighted by Gasteiger charge is 2.28. The monoisotopic (exact) mass is 568 g/mol. The molecule has 0 saturated carbocycles. The SMILES string of the molecule is CCNC(=NCCS(=O)(=O)C(C)(C)C)NC1CCN(c2cc(OC)cc(OC)c2)C1.I. The second-order valence-corrected chi connectivity index (χ2v) is 11.2. The van der Waals surface area contributed by atoms with E-state index < -0.39 is 14.6 Å². The largest absolute Gasteiger partial charge is 0.497 e. The van der Waals surface area contributed by atoms with E-state index in [-0.39, 0.29) is 42.3 Å². The standard InChI is InChI=1S/C21H36N4O4S.HI/c1-7-22-20(23-9-11-30(26,27)21(2,3)4)24-16-8-10-25(15-16)17-12-18(28-5)14-19(13-17)29-6;/h12-14,16H,7-11,15H2,1-6H3,(H2,22,23,24);1H. The number of ether oxygens (including phenoxy) is 2. The van der Waals surface area contributed by atoms with Crippen molar-refractivity contribution >= 4 is 45.5 Å². The lowest BCUT2D eigenvalue weighted by molar-refractivity contribution is 0.394. The lowest BCUT2D eigenvalue weighted by Crippen LogP contribution is -2.45. The topological polar surface area (TPSA) is 92.3 Å². The summed E-state index contributed by atoms with van der Waals surface area (Å²) in [4.78, 5) is 6.76. The fourth-order valence-corrected chi connectivity index (χ4v) is 4.13. The van der Waals surface area contributed by atoms with Gasteiger partial charge in [-0.15, -0.1) is 24.0 Å². The van der Waals surface area contributed by atoms with E-state index in [1.807, 2.05) is 25.1 Å². The Bertz CT molecular complexity index is 818. The van der Waals surface area contributed by atoms with Crippen LogP contribution in [0.3, 0.4) is 0 Å². The van der Waals surface area contributed by atoms with Crippen LogP contribution < -0.4 is 25.0 Å². The molecular formula is C21H37IN4O4S. The van der Waals surface area contributed by atoms with Crippen LogP contribution in [0.25, 0.3) is 0 Å². The number of nitrogens with zero attached hydrogens (tertiary/aromatic N) is 2. The van der Waals surface area contributed by atoms with Gasteiger partial charge >= 0.3 is 0 Å². The summed E-state index contributed by atoms with van der Waals surface area (Å²) in [7, 11) is 0.101. The lowest BCUT2D eigenvalue weighted by atomic mass is 10.2. The minimum Gasteiger partial charge on any atom is -0.497 e. The highest BCUT2D eigenvalue weighted by Crippen LogP contribution is 2.30. The summed E-state index contributed by atoms with van der Waals surface area (Å²) in [6.45, 7) is 9.79. The average molecular weight is 569 g/mol. The number of methoxy groups -OCH3 is 2. The van der Waals surface area contributed by atoms with E-state index in [0.717, 1.165) is 36.7 Å². The minimum atomic E-state index is -3.19. The van der Waals surface area contributed by atoms with Crippen molar-refractivity contribution in [1.29, 1.82) is 0 Å². The number of hydrogen-bond donors (Lipinski definition) is 2. The average Bonchev–Trinajstić information content (AvgIpc) is 3.15. The number of rotatable bonds is 8. The maximum atomic E-state index is 12.3. The van der Waals surface area contributed by atoms with Crippen LogP contribution in [-0.2, 0) is 9.84 Å². The van der Waals surface area contributed by atoms with Gasteiger partial charge in [-0.2, -0.15) is 0 Å². The van der Waals surface area contributed by atoms with Crippen molar-refractivity contribution in [2.24, 2.45) is 4.99 Å². The van der Waals surface area contributed by atoms with E-state index in [9.17, 15) is 8.42 Å². The van der Waals surface area contributed by atoms with Gasteiger partial charge in [0.25, 0.3) is 0 Å². The molecule has 31 heavy (non-hydrogen) atoms. The zero-order valence-corrected chi connectivity index (χ0v) is 22.5. The quantitative estimate of drug-likeness (QED) is 0.283. The minimum absolute atomic E-state index is 0. The van der Waals surface area contributed by atoms with Crippen LogP contribution in [-0.4, -0.2) is 71.3 Å². The number of anilines is 1. The van der Waals surface area contributed by atoms with E-state index in [1.54, 1.807) is 35.0 Å². The molecule has 0 bridgehead atoms. The van der Waals surface area contributed by atoms with E-state index in [1.165, 1.54) is 0 Å². The van der Waals surface area contributed by atoms with Crippen LogP contribution in [0.2, 0.25) is 0 Å². The molecular weight excluding hydrogens is 531 g/mol. The zero-order chi connectivity index (χ0) is 22.4. The molecule has 1 fully saturated rings. The molecule has 1 aromatic rings. The van der Waals surface area contributed by atoms with Gasteiger partial charge in [-0.25, -0.2) is 8.42 Å². The summed E-state index contributed by atoms with van der Waals surface area (Å²) in [6, 6.07) is 6.07. The van der Waals surface area contributed by atoms with Crippen molar-refractivity contribution in [2.75, 3.05) is 51.1 Å².